The van der Waals surface area contributed by atoms with E-state index in [-0.39, 0.29) is 5.71 Å². The molecule has 2 heterocycles. The second-order valence-corrected chi connectivity index (χ2v) is 6.39. The van der Waals surface area contributed by atoms with E-state index < -0.39 is 18.3 Å². The second-order valence-electron chi connectivity index (χ2n) is 4.90. The highest BCUT2D eigenvalue weighted by molar-refractivity contribution is 7.21. The molecule has 21 heavy (non-hydrogen) atoms. The Morgan fingerprint density at radius 2 is 2.14 bits per heavy atom. The molecule has 1 aromatic heterocycles. The number of hydrogen-bond donors (Lipinski definition) is 2. The zero-order chi connectivity index (χ0) is 15.4. The molecular weight excluding hydrogens is 325 g/mol. The van der Waals surface area contributed by atoms with Gasteiger partial charge < -0.3 is 5.11 Å². The Morgan fingerprint density at radius 1 is 1.43 bits per heavy atom. The first-order valence-corrected chi connectivity index (χ1v) is 7.22. The fraction of sp³-hybridized carbons (Fsp3) is 0.308. The number of hydrazone groups is 1. The van der Waals surface area contributed by atoms with Crippen molar-refractivity contribution >= 4 is 38.7 Å². The number of benzene rings is 1. The molecule has 0 bridgehead atoms. The predicted molar refractivity (Wildman–Crippen MR) is 76.9 cm³/mol. The van der Waals surface area contributed by atoms with Gasteiger partial charge in [0, 0.05) is 9.72 Å². The first kappa shape index (κ1) is 14.6. The number of nitrogens with zero attached hydrogens (tertiary/aromatic N) is 1. The molecular formula is C13H10ClF3N2OS. The topological polar surface area (TPSA) is 44.6 Å². The highest BCUT2D eigenvalue weighted by Crippen LogP contribution is 2.39. The lowest BCUT2D eigenvalue weighted by Gasteiger charge is -2.24. The Balaban J connectivity index is 2.02. The molecule has 1 aliphatic heterocycles. The Hall–Kier alpha value is -1.31. The lowest BCUT2D eigenvalue weighted by molar-refractivity contribution is -0.266. The standard InChI is InChI=1S/C13H10ClF3N2OS/c1-6-8-4-7(14)2-3-10(8)21-11(6)9-5-12(20,19-18-9)13(15,16)17/h2-4,19-20H,5H2,1H3/t12-/m1/s1. The molecule has 0 amide bonds. The van der Waals surface area contributed by atoms with Crippen molar-refractivity contribution < 1.29 is 18.3 Å². The van der Waals surface area contributed by atoms with Gasteiger partial charge in [-0.1, -0.05) is 11.6 Å². The molecule has 0 unspecified atom stereocenters. The average Bonchev–Trinajstić information content (AvgIpc) is 2.92. The van der Waals surface area contributed by atoms with E-state index in [1.807, 2.05) is 6.07 Å². The molecule has 0 spiro atoms. The minimum absolute atomic E-state index is 0.199. The zero-order valence-electron chi connectivity index (χ0n) is 10.8. The van der Waals surface area contributed by atoms with Crippen LogP contribution in [0.15, 0.2) is 23.3 Å². The van der Waals surface area contributed by atoms with E-state index in [4.69, 9.17) is 11.6 Å². The Kier molecular flexibility index (Phi) is 3.20. The summed E-state index contributed by atoms with van der Waals surface area (Å²) in [6, 6.07) is 5.31. The van der Waals surface area contributed by atoms with Crippen LogP contribution in [0.2, 0.25) is 5.02 Å². The maximum atomic E-state index is 12.8. The smallest absolute Gasteiger partial charge is 0.362 e. The van der Waals surface area contributed by atoms with Gasteiger partial charge in [-0.15, -0.1) is 11.3 Å². The van der Waals surface area contributed by atoms with E-state index in [1.165, 1.54) is 11.3 Å². The molecule has 3 nitrogen and oxygen atoms in total. The summed E-state index contributed by atoms with van der Waals surface area (Å²) >= 11 is 7.27. The minimum Gasteiger partial charge on any atom is -0.362 e. The Morgan fingerprint density at radius 3 is 2.76 bits per heavy atom. The highest BCUT2D eigenvalue weighted by Gasteiger charge is 2.57. The van der Waals surface area contributed by atoms with Crippen LogP contribution in [0.3, 0.4) is 0 Å². The largest absolute Gasteiger partial charge is 0.438 e. The maximum absolute atomic E-state index is 12.8. The van der Waals surface area contributed by atoms with Crippen molar-refractivity contribution in [1.29, 1.82) is 0 Å². The Labute approximate surface area is 127 Å². The third-order valence-electron chi connectivity index (χ3n) is 3.43. The molecule has 1 aromatic carbocycles. The van der Waals surface area contributed by atoms with E-state index in [9.17, 15) is 18.3 Å². The van der Waals surface area contributed by atoms with E-state index >= 15 is 0 Å². The van der Waals surface area contributed by atoms with Gasteiger partial charge in [0.05, 0.1) is 17.0 Å². The number of rotatable bonds is 1. The van der Waals surface area contributed by atoms with Gasteiger partial charge in [0.15, 0.2) is 0 Å². The maximum Gasteiger partial charge on any atom is 0.438 e. The Bertz CT molecular complexity index is 756. The summed E-state index contributed by atoms with van der Waals surface area (Å²) < 4.78 is 39.3. The summed E-state index contributed by atoms with van der Waals surface area (Å²) in [5.41, 5.74) is -0.185. The van der Waals surface area contributed by atoms with Crippen molar-refractivity contribution in [3.8, 4) is 0 Å². The fourth-order valence-electron chi connectivity index (χ4n) is 2.24. The third-order valence-corrected chi connectivity index (χ3v) is 4.99. The third kappa shape index (κ3) is 2.29. The van der Waals surface area contributed by atoms with Crippen molar-refractivity contribution in [2.45, 2.75) is 25.2 Å². The summed E-state index contributed by atoms with van der Waals surface area (Å²) in [6.45, 7) is 1.80. The second kappa shape index (κ2) is 4.59. The van der Waals surface area contributed by atoms with Crippen molar-refractivity contribution in [1.82, 2.24) is 5.43 Å². The van der Waals surface area contributed by atoms with Gasteiger partial charge in [-0.25, -0.2) is 0 Å². The van der Waals surface area contributed by atoms with Gasteiger partial charge in [-0.05, 0) is 36.1 Å². The number of hydrogen-bond acceptors (Lipinski definition) is 4. The number of halogens is 4. The molecule has 2 aromatic rings. The zero-order valence-corrected chi connectivity index (χ0v) is 12.3. The van der Waals surface area contributed by atoms with E-state index in [0.717, 1.165) is 15.6 Å². The van der Waals surface area contributed by atoms with Gasteiger partial charge >= 0.3 is 6.18 Å². The molecule has 0 saturated heterocycles. The molecule has 2 N–H and O–H groups in total. The molecule has 0 fully saturated rings. The number of aryl methyl sites for hydroxylation is 1. The number of fused-ring (bicyclic) bond motifs is 1. The molecule has 0 saturated carbocycles. The van der Waals surface area contributed by atoms with E-state index in [2.05, 4.69) is 5.10 Å². The number of nitrogens with one attached hydrogen (secondary N) is 1. The number of aliphatic hydroxyl groups is 1. The molecule has 3 rings (SSSR count). The summed E-state index contributed by atoms with van der Waals surface area (Å²) in [7, 11) is 0. The van der Waals surface area contributed by atoms with Crippen LogP contribution < -0.4 is 5.43 Å². The number of thiophene rings is 1. The molecule has 8 heteroatoms. The summed E-state index contributed by atoms with van der Waals surface area (Å²) in [5, 5.41) is 14.7. The molecule has 112 valence electrons. The predicted octanol–water partition coefficient (Wildman–Crippen LogP) is 3.81. The lowest BCUT2D eigenvalue weighted by atomic mass is 10.0. The first-order valence-electron chi connectivity index (χ1n) is 6.03. The van der Waals surface area contributed by atoms with Crippen molar-refractivity contribution in [2.24, 2.45) is 5.10 Å². The number of alkyl halides is 3. The van der Waals surface area contributed by atoms with Crippen LogP contribution >= 0.6 is 22.9 Å². The lowest BCUT2D eigenvalue weighted by Crippen LogP contribution is -2.52. The monoisotopic (exact) mass is 334 g/mol. The highest BCUT2D eigenvalue weighted by atomic mass is 35.5. The van der Waals surface area contributed by atoms with Crippen molar-refractivity contribution in [3.05, 3.63) is 33.7 Å². The van der Waals surface area contributed by atoms with E-state index in [0.29, 0.717) is 9.90 Å². The minimum atomic E-state index is -4.79. The fourth-order valence-corrected chi connectivity index (χ4v) is 3.59. The van der Waals surface area contributed by atoms with Gasteiger partial charge in [0.1, 0.15) is 0 Å². The van der Waals surface area contributed by atoms with Crippen LogP contribution in [-0.2, 0) is 0 Å². The van der Waals surface area contributed by atoms with Crippen LogP contribution in [0.25, 0.3) is 10.1 Å². The van der Waals surface area contributed by atoms with Gasteiger partial charge in [0.25, 0.3) is 5.72 Å². The normalized spacial score (nSPS) is 22.5. The van der Waals surface area contributed by atoms with Crippen LogP contribution in [0.5, 0.6) is 0 Å². The average molecular weight is 335 g/mol. The summed E-state index contributed by atoms with van der Waals surface area (Å²) in [6.07, 6.45) is -5.40. The molecule has 1 atom stereocenters. The van der Waals surface area contributed by atoms with Crippen LogP contribution in [0, 0.1) is 6.92 Å². The van der Waals surface area contributed by atoms with Gasteiger partial charge in [-0.2, -0.15) is 18.3 Å². The summed E-state index contributed by atoms with van der Waals surface area (Å²) in [4.78, 5) is 0.625. The SMILES string of the molecule is Cc1c(C2=NN[C@](O)(C(F)(F)F)C2)sc2ccc(Cl)cc12. The molecule has 0 aliphatic carbocycles. The van der Waals surface area contributed by atoms with Crippen LogP contribution in [-0.4, -0.2) is 22.7 Å². The van der Waals surface area contributed by atoms with Crippen LogP contribution in [0.4, 0.5) is 13.2 Å². The van der Waals surface area contributed by atoms with Crippen molar-refractivity contribution in [3.63, 3.8) is 0 Å². The first-order chi connectivity index (χ1) is 9.71. The van der Waals surface area contributed by atoms with Crippen molar-refractivity contribution in [2.75, 3.05) is 0 Å². The van der Waals surface area contributed by atoms with Gasteiger partial charge in [-0.3, -0.25) is 5.43 Å². The quantitative estimate of drug-likeness (QED) is 0.833. The molecule has 1 aliphatic rings. The summed E-state index contributed by atoms with van der Waals surface area (Å²) in [5.74, 6) is 0. The van der Waals surface area contributed by atoms with E-state index in [1.54, 1.807) is 24.5 Å². The molecule has 0 radical (unpaired) electrons. The van der Waals surface area contributed by atoms with Gasteiger partial charge in [0.2, 0.25) is 0 Å². The van der Waals surface area contributed by atoms with Crippen LogP contribution in [0.1, 0.15) is 16.9 Å².